The fraction of sp³-hybridized carbons (Fsp3) is 0.417. The molecule has 5 heteroatoms. The van der Waals surface area contributed by atoms with Gasteiger partial charge in [0.05, 0.1) is 5.02 Å². The molecule has 0 aromatic heterocycles. The highest BCUT2D eigenvalue weighted by Crippen LogP contribution is 2.26. The number of alkyl halides is 1. The van der Waals surface area contributed by atoms with Gasteiger partial charge in [0.1, 0.15) is 5.82 Å². The van der Waals surface area contributed by atoms with Crippen molar-refractivity contribution in [1.82, 2.24) is 0 Å². The van der Waals surface area contributed by atoms with Crippen molar-refractivity contribution in [2.24, 2.45) is 0 Å². The van der Waals surface area contributed by atoms with Crippen LogP contribution in [0.15, 0.2) is 12.1 Å². The summed E-state index contributed by atoms with van der Waals surface area (Å²) < 4.78 is 13.3. The lowest BCUT2D eigenvalue weighted by atomic mass is 10.0. The molecule has 1 rings (SSSR count). The van der Waals surface area contributed by atoms with E-state index in [1.807, 2.05) is 0 Å². The summed E-state index contributed by atoms with van der Waals surface area (Å²) in [5, 5.41) is 0.976. The van der Waals surface area contributed by atoms with Gasteiger partial charge in [0.15, 0.2) is 5.78 Å². The number of carbonyl (C=O) groups excluding carboxylic acids is 1. The fourth-order valence-electron chi connectivity index (χ4n) is 1.45. The molecule has 0 aliphatic rings. The Labute approximate surface area is 118 Å². The SMILES string of the molecule is O=C(CCCCCBr)c1cc(Cl)cc(F)c1Cl. The first-order chi connectivity index (χ1) is 8.06. The van der Waals surface area contributed by atoms with Crippen LogP contribution in [0, 0.1) is 5.82 Å². The molecule has 94 valence electrons. The van der Waals surface area contributed by atoms with Gasteiger partial charge in [-0.15, -0.1) is 0 Å². The van der Waals surface area contributed by atoms with E-state index in [9.17, 15) is 9.18 Å². The fourth-order valence-corrected chi connectivity index (χ4v) is 2.27. The average Bonchev–Trinajstić information content (AvgIpc) is 2.29. The number of hydrogen-bond donors (Lipinski definition) is 0. The first-order valence-corrected chi connectivity index (χ1v) is 7.17. The normalized spacial score (nSPS) is 10.6. The van der Waals surface area contributed by atoms with Gasteiger partial charge in [-0.05, 0) is 25.0 Å². The van der Waals surface area contributed by atoms with Gasteiger partial charge >= 0.3 is 0 Å². The van der Waals surface area contributed by atoms with Crippen molar-refractivity contribution >= 4 is 44.9 Å². The topological polar surface area (TPSA) is 17.1 Å². The quantitative estimate of drug-likeness (QED) is 0.298. The zero-order valence-electron chi connectivity index (χ0n) is 9.11. The molecule has 1 aromatic rings. The summed E-state index contributed by atoms with van der Waals surface area (Å²) in [4.78, 5) is 11.8. The summed E-state index contributed by atoms with van der Waals surface area (Å²) in [6, 6.07) is 2.52. The molecule has 0 N–H and O–H groups in total. The molecular formula is C12H12BrCl2FO. The molecule has 1 nitrogen and oxygen atoms in total. The molecule has 0 saturated heterocycles. The maximum absolute atomic E-state index is 13.3. The Bertz CT molecular complexity index is 410. The van der Waals surface area contributed by atoms with E-state index in [0.29, 0.717) is 6.42 Å². The van der Waals surface area contributed by atoms with E-state index in [-0.39, 0.29) is 21.4 Å². The van der Waals surface area contributed by atoms with E-state index in [1.165, 1.54) is 6.07 Å². The standard InChI is InChI=1S/C12H12BrCl2FO/c13-5-3-1-2-4-11(17)9-6-8(14)7-10(16)12(9)15/h6-7H,1-5H2. The van der Waals surface area contributed by atoms with Crippen molar-refractivity contribution < 1.29 is 9.18 Å². The lowest BCUT2D eigenvalue weighted by Gasteiger charge is -2.05. The number of rotatable bonds is 6. The molecule has 0 saturated carbocycles. The second-order valence-corrected chi connectivity index (χ2v) is 5.28. The molecule has 0 spiro atoms. The van der Waals surface area contributed by atoms with Crippen molar-refractivity contribution in [3.63, 3.8) is 0 Å². The van der Waals surface area contributed by atoms with Crippen LogP contribution in [0.25, 0.3) is 0 Å². The van der Waals surface area contributed by atoms with E-state index in [2.05, 4.69) is 15.9 Å². The summed E-state index contributed by atoms with van der Waals surface area (Å²) in [6.45, 7) is 0. The Morgan fingerprint density at radius 3 is 2.59 bits per heavy atom. The highest BCUT2D eigenvalue weighted by Gasteiger charge is 2.14. The van der Waals surface area contributed by atoms with Crippen LogP contribution in [0.5, 0.6) is 0 Å². The highest BCUT2D eigenvalue weighted by atomic mass is 79.9. The summed E-state index contributed by atoms with van der Waals surface area (Å²) in [7, 11) is 0. The first kappa shape index (κ1) is 14.9. The Morgan fingerprint density at radius 2 is 1.94 bits per heavy atom. The molecule has 17 heavy (non-hydrogen) atoms. The van der Waals surface area contributed by atoms with Gasteiger partial charge in [0.25, 0.3) is 0 Å². The Kier molecular flexibility index (Phi) is 6.45. The van der Waals surface area contributed by atoms with E-state index in [1.54, 1.807) is 0 Å². The average molecular weight is 342 g/mol. The number of benzene rings is 1. The summed E-state index contributed by atoms with van der Waals surface area (Å²) in [5.41, 5.74) is 0.176. The van der Waals surface area contributed by atoms with E-state index in [0.717, 1.165) is 30.7 Å². The molecule has 0 bridgehead atoms. The third kappa shape index (κ3) is 4.57. The summed E-state index contributed by atoms with van der Waals surface area (Å²) in [5.74, 6) is -0.811. The second-order valence-electron chi connectivity index (χ2n) is 3.67. The smallest absolute Gasteiger partial charge is 0.164 e. The van der Waals surface area contributed by atoms with Crippen LogP contribution in [-0.2, 0) is 0 Å². The Morgan fingerprint density at radius 1 is 1.24 bits per heavy atom. The number of carbonyl (C=O) groups is 1. The van der Waals surface area contributed by atoms with Gasteiger partial charge in [-0.3, -0.25) is 4.79 Å². The van der Waals surface area contributed by atoms with Gasteiger partial charge in [-0.25, -0.2) is 4.39 Å². The lowest BCUT2D eigenvalue weighted by Crippen LogP contribution is -2.01. The zero-order chi connectivity index (χ0) is 12.8. The van der Waals surface area contributed by atoms with Crippen molar-refractivity contribution in [1.29, 1.82) is 0 Å². The van der Waals surface area contributed by atoms with Crippen LogP contribution in [0.3, 0.4) is 0 Å². The van der Waals surface area contributed by atoms with Crippen molar-refractivity contribution in [3.05, 3.63) is 33.6 Å². The van der Waals surface area contributed by atoms with E-state index < -0.39 is 5.82 Å². The first-order valence-electron chi connectivity index (χ1n) is 5.30. The molecule has 0 unspecified atom stereocenters. The molecule has 0 radical (unpaired) electrons. The molecule has 0 atom stereocenters. The van der Waals surface area contributed by atoms with Gasteiger partial charge in [-0.1, -0.05) is 45.6 Å². The van der Waals surface area contributed by atoms with Crippen molar-refractivity contribution in [2.45, 2.75) is 25.7 Å². The molecular weight excluding hydrogens is 330 g/mol. The molecule has 0 aliphatic heterocycles. The number of Topliss-reactive ketones (excluding diaryl/α,β-unsaturated/α-hetero) is 1. The highest BCUT2D eigenvalue weighted by molar-refractivity contribution is 9.09. The summed E-state index contributed by atoms with van der Waals surface area (Å²) in [6.07, 6.45) is 3.12. The molecule has 0 amide bonds. The summed E-state index contributed by atoms with van der Waals surface area (Å²) >= 11 is 14.8. The van der Waals surface area contributed by atoms with Gasteiger partial charge < -0.3 is 0 Å². The van der Waals surface area contributed by atoms with Crippen LogP contribution >= 0.6 is 39.1 Å². The molecule has 0 fully saturated rings. The number of unbranched alkanes of at least 4 members (excludes halogenated alkanes) is 2. The maximum atomic E-state index is 13.3. The second kappa shape index (κ2) is 7.34. The Hall–Kier alpha value is -0.120. The number of halogens is 4. The van der Waals surface area contributed by atoms with Crippen LogP contribution in [-0.4, -0.2) is 11.1 Å². The number of hydrogen-bond acceptors (Lipinski definition) is 1. The Balaban J connectivity index is 2.69. The van der Waals surface area contributed by atoms with Gasteiger partial charge in [-0.2, -0.15) is 0 Å². The minimum Gasteiger partial charge on any atom is -0.294 e. The van der Waals surface area contributed by atoms with Gasteiger partial charge in [0, 0.05) is 22.3 Å². The predicted molar refractivity (Wildman–Crippen MR) is 73.0 cm³/mol. The van der Waals surface area contributed by atoms with Crippen molar-refractivity contribution in [2.75, 3.05) is 5.33 Å². The zero-order valence-corrected chi connectivity index (χ0v) is 12.2. The third-order valence-corrected chi connectivity index (χ3v) is 3.49. The maximum Gasteiger partial charge on any atom is 0.164 e. The van der Waals surface area contributed by atoms with E-state index >= 15 is 0 Å². The molecule has 0 aliphatic carbocycles. The third-order valence-electron chi connectivity index (χ3n) is 2.33. The van der Waals surface area contributed by atoms with Crippen LogP contribution in [0.2, 0.25) is 10.0 Å². The van der Waals surface area contributed by atoms with Gasteiger partial charge in [0.2, 0.25) is 0 Å². The number of ketones is 1. The predicted octanol–water partition coefficient (Wildman–Crippen LogP) is 5.27. The minimum atomic E-state index is -0.650. The largest absolute Gasteiger partial charge is 0.294 e. The van der Waals surface area contributed by atoms with Crippen LogP contribution in [0.1, 0.15) is 36.0 Å². The minimum absolute atomic E-state index is 0.139. The van der Waals surface area contributed by atoms with Crippen molar-refractivity contribution in [3.8, 4) is 0 Å². The van der Waals surface area contributed by atoms with E-state index in [4.69, 9.17) is 23.2 Å². The van der Waals surface area contributed by atoms with Crippen LogP contribution < -0.4 is 0 Å². The molecule has 1 aromatic carbocycles. The molecule has 0 heterocycles. The monoisotopic (exact) mass is 340 g/mol. The van der Waals surface area contributed by atoms with Crippen LogP contribution in [0.4, 0.5) is 4.39 Å². The lowest BCUT2D eigenvalue weighted by molar-refractivity contribution is 0.0979.